The Morgan fingerprint density at radius 2 is 0.864 bits per heavy atom. The molecule has 2 rings (SSSR count). The van der Waals surface area contributed by atoms with Gasteiger partial charge in [0.1, 0.15) is 0 Å². The van der Waals surface area contributed by atoms with Crippen LogP contribution in [0.15, 0.2) is 48.5 Å². The van der Waals surface area contributed by atoms with Gasteiger partial charge in [0.25, 0.3) is 0 Å². The topological polar surface area (TPSA) is 0 Å². The zero-order valence-electron chi connectivity index (χ0n) is 11.1. The molecule has 0 spiro atoms. The number of halogens is 6. The van der Waals surface area contributed by atoms with Crippen LogP contribution in [0.3, 0.4) is 0 Å². The van der Waals surface area contributed by atoms with Crippen molar-refractivity contribution in [2.75, 3.05) is 0 Å². The van der Waals surface area contributed by atoms with Crippen LogP contribution in [0.25, 0.3) is 0 Å². The molecule has 0 heterocycles. The van der Waals surface area contributed by atoms with Gasteiger partial charge in [-0.15, -0.1) is 0 Å². The zero-order chi connectivity index (χ0) is 16.5. The molecule has 2 aromatic rings. The van der Waals surface area contributed by atoms with Gasteiger partial charge < -0.3 is 0 Å². The Kier molecular flexibility index (Phi) is 4.57. The van der Waals surface area contributed by atoms with Gasteiger partial charge in [0, 0.05) is 0 Å². The van der Waals surface area contributed by atoms with E-state index in [-0.39, 0.29) is 0 Å². The van der Waals surface area contributed by atoms with Crippen molar-refractivity contribution in [3.05, 3.63) is 70.8 Å². The molecule has 112 valence electrons. The van der Waals surface area contributed by atoms with Gasteiger partial charge in [0.15, 0.2) is 0 Å². The van der Waals surface area contributed by atoms with Crippen LogP contribution in [0.5, 0.6) is 0 Å². The SMILES string of the molecule is FC(F)(F)c1ccc([C](=[Zn])c2ccc(C(F)(F)F)cc2)cc1. The van der Waals surface area contributed by atoms with E-state index in [0.29, 0.717) is 29.0 Å². The van der Waals surface area contributed by atoms with E-state index < -0.39 is 23.5 Å². The van der Waals surface area contributed by atoms with E-state index in [9.17, 15) is 26.3 Å². The maximum atomic E-state index is 12.5. The van der Waals surface area contributed by atoms with E-state index in [4.69, 9.17) is 0 Å². The van der Waals surface area contributed by atoms with Gasteiger partial charge in [0.05, 0.1) is 0 Å². The van der Waals surface area contributed by atoms with Crippen LogP contribution < -0.4 is 0 Å². The summed E-state index contributed by atoms with van der Waals surface area (Å²) in [6.07, 6.45) is -8.81. The van der Waals surface area contributed by atoms with Gasteiger partial charge in [-0.25, -0.2) is 0 Å². The fourth-order valence-corrected chi connectivity index (χ4v) is 2.88. The second-order valence-corrected chi connectivity index (χ2v) is 6.11. The first-order valence-corrected chi connectivity index (χ1v) is 7.61. The third-order valence-electron chi connectivity index (χ3n) is 3.12. The fraction of sp³-hybridized carbons (Fsp3) is 0.133. The average molecular weight is 368 g/mol. The molecule has 0 amide bonds. The first-order chi connectivity index (χ1) is 10.1. The van der Waals surface area contributed by atoms with Crippen LogP contribution in [-0.2, 0) is 30.2 Å². The summed E-state index contributed by atoms with van der Waals surface area (Å²) in [7, 11) is 0. The van der Waals surface area contributed by atoms with Gasteiger partial charge in [-0.2, -0.15) is 0 Å². The zero-order valence-corrected chi connectivity index (χ0v) is 14.1. The van der Waals surface area contributed by atoms with Crippen LogP contribution in [0.1, 0.15) is 22.3 Å². The molecule has 0 radical (unpaired) electrons. The predicted molar refractivity (Wildman–Crippen MR) is 66.1 cm³/mol. The molecule has 0 aliphatic heterocycles. The standard InChI is InChI=1S/C15H8F6.Zn/c16-14(17,18)12-5-1-10(2-6-12)9-11-3-7-13(8-4-11)15(19,20)21;/h1-8H;. The number of alkyl halides is 6. The summed E-state index contributed by atoms with van der Waals surface area (Å²) >= 11 is 0.608. The molecule has 0 saturated carbocycles. The second-order valence-electron chi connectivity index (χ2n) is 4.63. The number of hydrogen-bond donors (Lipinski definition) is 0. The van der Waals surface area contributed by atoms with Crippen LogP contribution in [-0.4, -0.2) is 4.11 Å². The van der Waals surface area contributed by atoms with Crippen molar-refractivity contribution in [3.8, 4) is 0 Å². The summed E-state index contributed by atoms with van der Waals surface area (Å²) in [5.41, 5.74) is -0.353. The Morgan fingerprint density at radius 1 is 0.591 bits per heavy atom. The van der Waals surface area contributed by atoms with Gasteiger partial charge in [-0.1, -0.05) is 0 Å². The number of rotatable bonds is 2. The van der Waals surface area contributed by atoms with E-state index >= 15 is 0 Å². The normalized spacial score (nSPS) is 12.4. The van der Waals surface area contributed by atoms with Gasteiger partial charge >= 0.3 is 131 Å². The minimum atomic E-state index is -4.41. The monoisotopic (exact) mass is 366 g/mol. The van der Waals surface area contributed by atoms with Gasteiger partial charge in [0.2, 0.25) is 0 Å². The van der Waals surface area contributed by atoms with E-state index in [2.05, 4.69) is 0 Å². The molecule has 0 aliphatic carbocycles. The predicted octanol–water partition coefficient (Wildman–Crippen LogP) is 4.84. The van der Waals surface area contributed by atoms with Crippen molar-refractivity contribution in [1.82, 2.24) is 0 Å². The van der Waals surface area contributed by atoms with Crippen molar-refractivity contribution >= 4 is 4.11 Å². The summed E-state index contributed by atoms with van der Waals surface area (Å²) in [6, 6.07) is 9.20. The molecule has 0 fully saturated rings. The Labute approximate surface area is 132 Å². The first kappa shape index (κ1) is 16.9. The van der Waals surface area contributed by atoms with Crippen LogP contribution >= 0.6 is 0 Å². The summed E-state index contributed by atoms with van der Waals surface area (Å²) in [5.74, 6) is 0. The Balaban J connectivity index is 2.25. The van der Waals surface area contributed by atoms with Crippen LogP contribution in [0.4, 0.5) is 26.3 Å². The van der Waals surface area contributed by atoms with Crippen LogP contribution in [0, 0.1) is 0 Å². The maximum absolute atomic E-state index is 12.5. The Bertz CT molecular complexity index is 606. The molecule has 0 bridgehead atoms. The summed E-state index contributed by atoms with van der Waals surface area (Å²) in [5, 5.41) is 0. The molecule has 22 heavy (non-hydrogen) atoms. The summed E-state index contributed by atoms with van der Waals surface area (Å²) in [4.78, 5) is 0. The summed E-state index contributed by atoms with van der Waals surface area (Å²) in [6.45, 7) is 0. The van der Waals surface area contributed by atoms with Crippen molar-refractivity contribution in [3.63, 3.8) is 0 Å². The van der Waals surface area contributed by atoms with E-state index in [0.717, 1.165) is 28.4 Å². The molecule has 2 aromatic carbocycles. The minimum absolute atomic E-state index is 0.577. The Hall–Kier alpha value is -1.49. The number of benzene rings is 2. The second kappa shape index (κ2) is 5.95. The van der Waals surface area contributed by atoms with E-state index in [1.807, 2.05) is 0 Å². The third-order valence-corrected chi connectivity index (χ3v) is 4.83. The molecule has 0 aliphatic rings. The van der Waals surface area contributed by atoms with Crippen LogP contribution in [0.2, 0.25) is 0 Å². The van der Waals surface area contributed by atoms with Crippen molar-refractivity contribution in [2.24, 2.45) is 0 Å². The molecule has 0 atom stereocenters. The van der Waals surface area contributed by atoms with E-state index in [1.165, 1.54) is 24.3 Å². The average Bonchev–Trinajstić information content (AvgIpc) is 2.45. The molecule has 7 heteroatoms. The first-order valence-electron chi connectivity index (χ1n) is 6.13. The van der Waals surface area contributed by atoms with Gasteiger partial charge in [-0.3, -0.25) is 0 Å². The van der Waals surface area contributed by atoms with Crippen molar-refractivity contribution in [2.45, 2.75) is 12.4 Å². The quantitative estimate of drug-likeness (QED) is 0.526. The molecule has 0 aromatic heterocycles. The van der Waals surface area contributed by atoms with Crippen molar-refractivity contribution < 1.29 is 44.2 Å². The number of hydrogen-bond acceptors (Lipinski definition) is 0. The Morgan fingerprint density at radius 3 is 1.09 bits per heavy atom. The van der Waals surface area contributed by atoms with Crippen molar-refractivity contribution in [1.29, 1.82) is 0 Å². The molecular weight excluding hydrogens is 360 g/mol. The van der Waals surface area contributed by atoms with E-state index in [1.54, 1.807) is 0 Å². The van der Waals surface area contributed by atoms with Gasteiger partial charge in [-0.05, 0) is 0 Å². The third kappa shape index (κ3) is 3.83. The fourth-order valence-electron chi connectivity index (χ4n) is 1.89. The molecule has 0 N–H and O–H groups in total. The molecule has 0 unspecified atom stereocenters. The summed E-state index contributed by atoms with van der Waals surface area (Å²) < 4.78 is 75.7. The molecular formula is C15H8F6Zn. The molecule has 0 saturated heterocycles. The molecule has 0 nitrogen and oxygen atoms in total.